The molecule has 2 amide bonds. The Morgan fingerprint density at radius 2 is 1.72 bits per heavy atom. The maximum absolute atomic E-state index is 12.9. The number of esters is 1. The van der Waals surface area contributed by atoms with Crippen molar-refractivity contribution in [2.24, 2.45) is 0 Å². The fourth-order valence-electron chi connectivity index (χ4n) is 3.22. The highest BCUT2D eigenvalue weighted by Gasteiger charge is 2.18. The van der Waals surface area contributed by atoms with Gasteiger partial charge in [0.1, 0.15) is 11.4 Å². The molecule has 2 aromatic carbocycles. The molecule has 1 heterocycles. The lowest BCUT2D eigenvalue weighted by Crippen LogP contribution is -2.27. The molecule has 0 radical (unpaired) electrons. The first kappa shape index (κ1) is 26.5. The lowest BCUT2D eigenvalue weighted by molar-refractivity contribution is -0.157. The molecule has 3 rings (SSSR count). The van der Waals surface area contributed by atoms with Crippen LogP contribution in [-0.2, 0) is 14.3 Å². The molecule has 0 saturated heterocycles. The minimum absolute atomic E-state index is 0.204. The smallest absolute Gasteiger partial charge is 0.344 e. The first-order valence-electron chi connectivity index (χ1n) is 11.0. The Morgan fingerprint density at radius 3 is 2.33 bits per heavy atom. The van der Waals surface area contributed by atoms with Gasteiger partial charge in [-0.3, -0.25) is 9.59 Å². The van der Waals surface area contributed by atoms with Crippen molar-refractivity contribution in [3.8, 4) is 11.4 Å². The van der Waals surface area contributed by atoms with Gasteiger partial charge in [0, 0.05) is 16.4 Å². The normalized spacial score (nSPS) is 10.9. The molecule has 1 aromatic heterocycles. The van der Waals surface area contributed by atoms with E-state index in [9.17, 15) is 14.4 Å². The van der Waals surface area contributed by atoms with E-state index in [0.29, 0.717) is 39.1 Å². The van der Waals surface area contributed by atoms with Gasteiger partial charge in [0.15, 0.2) is 6.61 Å². The molecule has 0 aliphatic heterocycles. The average molecular weight is 511 g/mol. The number of hydrogen-bond donors (Lipinski definition) is 2. The number of carbonyl (C=O) groups is 3. The second kappa shape index (κ2) is 11.1. The Morgan fingerprint density at radius 1 is 1.08 bits per heavy atom. The lowest BCUT2D eigenvalue weighted by atomic mass is 10.2. The maximum atomic E-state index is 12.9. The first-order valence-corrected chi connectivity index (χ1v) is 11.4. The number of hydrogen-bond acceptors (Lipinski definition) is 6. The van der Waals surface area contributed by atoms with Crippen LogP contribution in [-0.4, -0.2) is 39.8 Å². The molecule has 0 fully saturated rings. The number of halogens is 1. The van der Waals surface area contributed by atoms with Gasteiger partial charge < -0.3 is 20.1 Å². The van der Waals surface area contributed by atoms with Crippen molar-refractivity contribution in [2.75, 3.05) is 17.2 Å². The van der Waals surface area contributed by atoms with Crippen molar-refractivity contribution in [3.05, 3.63) is 77.6 Å². The fraction of sp³-hybridized carbons (Fsp3) is 0.231. The van der Waals surface area contributed by atoms with E-state index in [1.165, 1.54) is 6.20 Å². The highest BCUT2D eigenvalue weighted by atomic mass is 35.5. The predicted octanol–water partition coefficient (Wildman–Crippen LogP) is 4.93. The van der Waals surface area contributed by atoms with Crippen LogP contribution >= 0.6 is 11.6 Å². The topological polar surface area (TPSA) is 112 Å². The van der Waals surface area contributed by atoms with E-state index in [-0.39, 0.29) is 12.5 Å². The van der Waals surface area contributed by atoms with Crippen LogP contribution in [0.3, 0.4) is 0 Å². The Hall–Kier alpha value is -4.11. The molecule has 0 saturated carbocycles. The van der Waals surface area contributed by atoms with E-state index < -0.39 is 17.5 Å². The number of amides is 2. The Bertz CT molecular complexity index is 1290. The predicted molar refractivity (Wildman–Crippen MR) is 138 cm³/mol. The van der Waals surface area contributed by atoms with Gasteiger partial charge in [0.25, 0.3) is 5.91 Å². The highest BCUT2D eigenvalue weighted by Crippen LogP contribution is 2.24. The molecule has 0 atom stereocenters. The minimum Gasteiger partial charge on any atom is -0.482 e. The zero-order chi connectivity index (χ0) is 26.5. The second-order valence-corrected chi connectivity index (χ2v) is 9.24. The van der Waals surface area contributed by atoms with Crippen LogP contribution in [0.15, 0.2) is 61.3 Å². The SMILES string of the molecule is C=CC(=O)Nc1cc(Cl)cc(NC(=O)c2cnn(-c3ccc(OCC(=O)OC(C)(C)C)cc3)c2C)c1. The third kappa shape index (κ3) is 7.19. The quantitative estimate of drug-likeness (QED) is 0.328. The molecule has 0 spiro atoms. The van der Waals surface area contributed by atoms with Crippen molar-refractivity contribution in [1.82, 2.24) is 9.78 Å². The zero-order valence-corrected chi connectivity index (χ0v) is 21.2. The van der Waals surface area contributed by atoms with Crippen LogP contribution < -0.4 is 15.4 Å². The largest absolute Gasteiger partial charge is 0.482 e. The van der Waals surface area contributed by atoms with Crippen molar-refractivity contribution in [3.63, 3.8) is 0 Å². The second-order valence-electron chi connectivity index (χ2n) is 8.80. The van der Waals surface area contributed by atoms with Crippen LogP contribution in [0, 0.1) is 6.92 Å². The molecule has 0 unspecified atom stereocenters. The summed E-state index contributed by atoms with van der Waals surface area (Å²) in [5.41, 5.74) is 1.92. The number of anilines is 2. The van der Waals surface area contributed by atoms with E-state index in [1.54, 1.807) is 74.8 Å². The highest BCUT2D eigenvalue weighted by molar-refractivity contribution is 6.31. The average Bonchev–Trinajstić information content (AvgIpc) is 3.17. The Labute approximate surface area is 214 Å². The summed E-state index contributed by atoms with van der Waals surface area (Å²) in [6.45, 7) is 10.3. The molecule has 2 N–H and O–H groups in total. The molecule has 10 heteroatoms. The van der Waals surface area contributed by atoms with Gasteiger partial charge in [0.2, 0.25) is 5.91 Å². The van der Waals surface area contributed by atoms with Gasteiger partial charge in [-0.2, -0.15) is 5.10 Å². The van der Waals surface area contributed by atoms with E-state index in [2.05, 4.69) is 22.3 Å². The van der Waals surface area contributed by atoms with Gasteiger partial charge in [-0.25, -0.2) is 9.48 Å². The van der Waals surface area contributed by atoms with Crippen LogP contribution in [0.2, 0.25) is 5.02 Å². The number of benzene rings is 2. The summed E-state index contributed by atoms with van der Waals surface area (Å²) >= 11 is 6.12. The van der Waals surface area contributed by atoms with E-state index >= 15 is 0 Å². The molecule has 0 aliphatic carbocycles. The Kier molecular flexibility index (Phi) is 8.16. The van der Waals surface area contributed by atoms with Crippen molar-refractivity contribution in [2.45, 2.75) is 33.3 Å². The van der Waals surface area contributed by atoms with E-state index in [4.69, 9.17) is 21.1 Å². The zero-order valence-electron chi connectivity index (χ0n) is 20.4. The summed E-state index contributed by atoms with van der Waals surface area (Å²) in [6.07, 6.45) is 2.60. The van der Waals surface area contributed by atoms with Gasteiger partial charge in [-0.15, -0.1) is 0 Å². The molecule has 0 bridgehead atoms. The molecule has 36 heavy (non-hydrogen) atoms. The van der Waals surface area contributed by atoms with Crippen molar-refractivity contribution < 1.29 is 23.9 Å². The van der Waals surface area contributed by atoms with E-state index in [0.717, 1.165) is 6.08 Å². The summed E-state index contributed by atoms with van der Waals surface area (Å²) in [7, 11) is 0. The van der Waals surface area contributed by atoms with Crippen molar-refractivity contribution >= 4 is 40.8 Å². The maximum Gasteiger partial charge on any atom is 0.344 e. The number of aromatic nitrogens is 2. The number of rotatable bonds is 8. The van der Waals surface area contributed by atoms with Gasteiger partial charge in [0.05, 0.1) is 23.1 Å². The van der Waals surface area contributed by atoms with Crippen molar-refractivity contribution in [1.29, 1.82) is 0 Å². The lowest BCUT2D eigenvalue weighted by Gasteiger charge is -2.19. The van der Waals surface area contributed by atoms with Gasteiger partial charge in [-0.05, 0) is 76.2 Å². The molecule has 188 valence electrons. The summed E-state index contributed by atoms with van der Waals surface area (Å²) in [4.78, 5) is 36.3. The van der Waals surface area contributed by atoms with Crippen LogP contribution in [0.1, 0.15) is 36.8 Å². The summed E-state index contributed by atoms with van der Waals surface area (Å²) in [6, 6.07) is 11.6. The Balaban J connectivity index is 1.69. The molecule has 3 aromatic rings. The molecule has 0 aliphatic rings. The van der Waals surface area contributed by atoms with Gasteiger partial charge in [-0.1, -0.05) is 18.2 Å². The third-order valence-electron chi connectivity index (χ3n) is 4.72. The summed E-state index contributed by atoms with van der Waals surface area (Å²) < 4.78 is 12.3. The van der Waals surface area contributed by atoms with Crippen LogP contribution in [0.4, 0.5) is 11.4 Å². The number of nitrogens with zero attached hydrogens (tertiary/aromatic N) is 2. The standard InChI is InChI=1S/C26H27ClN4O5/c1-6-23(32)29-18-11-17(27)12-19(13-18)30-25(34)22-14-28-31(16(22)2)20-7-9-21(10-8-20)35-15-24(33)36-26(3,4)5/h6-14H,1,15H2,2-5H3,(H,29,32)(H,30,34). The first-order chi connectivity index (χ1) is 16.9. The minimum atomic E-state index is -0.581. The van der Waals surface area contributed by atoms with Crippen LogP contribution in [0.25, 0.3) is 5.69 Å². The summed E-state index contributed by atoms with van der Waals surface area (Å²) in [5.74, 6) is -0.750. The summed E-state index contributed by atoms with van der Waals surface area (Å²) in [5, 5.41) is 10.0. The molecular weight excluding hydrogens is 484 g/mol. The van der Waals surface area contributed by atoms with E-state index in [1.807, 2.05) is 0 Å². The number of carbonyl (C=O) groups excluding carboxylic acids is 3. The third-order valence-corrected chi connectivity index (χ3v) is 4.94. The number of ether oxygens (including phenoxy) is 2. The fourth-order valence-corrected chi connectivity index (χ4v) is 3.45. The number of nitrogens with one attached hydrogen (secondary N) is 2. The molecular formula is C26H27ClN4O5. The molecule has 9 nitrogen and oxygen atoms in total. The van der Waals surface area contributed by atoms with Gasteiger partial charge >= 0.3 is 5.97 Å². The monoisotopic (exact) mass is 510 g/mol. The van der Waals surface area contributed by atoms with Crippen LogP contribution in [0.5, 0.6) is 5.75 Å².